The summed E-state index contributed by atoms with van der Waals surface area (Å²) in [7, 11) is 0. The van der Waals surface area contributed by atoms with Gasteiger partial charge in [-0.15, -0.1) is 0 Å². The molecule has 0 aliphatic heterocycles. The lowest BCUT2D eigenvalue weighted by molar-refractivity contribution is -0.135. The summed E-state index contributed by atoms with van der Waals surface area (Å²) in [5, 5.41) is 5.44. The van der Waals surface area contributed by atoms with E-state index in [0.29, 0.717) is 11.4 Å². The summed E-state index contributed by atoms with van der Waals surface area (Å²) < 4.78 is 12.9. The zero-order valence-corrected chi connectivity index (χ0v) is 14.2. The molecule has 0 atom stereocenters. The molecule has 5 heteroatoms. The average Bonchev–Trinajstić information content (AvgIpc) is 2.53. The second-order valence-electron chi connectivity index (χ2n) is 6.36. The number of amides is 2. The maximum atomic E-state index is 12.9. The van der Waals surface area contributed by atoms with Gasteiger partial charge in [-0.25, -0.2) is 4.39 Å². The Bertz CT molecular complexity index is 767. The highest BCUT2D eigenvalue weighted by Crippen LogP contribution is 2.24. The van der Waals surface area contributed by atoms with Crippen molar-refractivity contribution < 1.29 is 14.0 Å². The predicted octanol–water partition coefficient (Wildman–Crippen LogP) is 4.05. The summed E-state index contributed by atoms with van der Waals surface area (Å²) in [6.45, 7) is 6.92. The second kappa shape index (κ2) is 6.83. The molecule has 0 aromatic heterocycles. The van der Waals surface area contributed by atoms with Gasteiger partial charge in [-0.2, -0.15) is 0 Å². The van der Waals surface area contributed by atoms with Crippen LogP contribution in [0.4, 0.5) is 15.8 Å². The van der Waals surface area contributed by atoms with Gasteiger partial charge in [0.2, 0.25) is 11.8 Å². The number of nitrogens with one attached hydrogen (secondary N) is 2. The molecule has 0 spiro atoms. The van der Waals surface area contributed by atoms with Gasteiger partial charge in [0, 0.05) is 11.4 Å². The minimum absolute atomic E-state index is 0.389. The molecule has 2 rings (SSSR count). The third kappa shape index (κ3) is 3.98. The van der Waals surface area contributed by atoms with E-state index in [-0.39, 0.29) is 5.82 Å². The normalized spacial score (nSPS) is 11.0. The molecule has 2 aromatic carbocycles. The minimum atomic E-state index is -1.29. The van der Waals surface area contributed by atoms with Crippen LogP contribution in [0.3, 0.4) is 0 Å². The van der Waals surface area contributed by atoms with Gasteiger partial charge >= 0.3 is 0 Å². The molecule has 0 fully saturated rings. The molecule has 2 N–H and O–H groups in total. The molecule has 4 nitrogen and oxygen atoms in total. The van der Waals surface area contributed by atoms with E-state index in [2.05, 4.69) is 10.6 Å². The van der Waals surface area contributed by atoms with Crippen LogP contribution in [0.15, 0.2) is 42.5 Å². The number of carbonyl (C=O) groups excluding carboxylic acids is 2. The Labute approximate surface area is 141 Å². The van der Waals surface area contributed by atoms with Crippen LogP contribution in [0.2, 0.25) is 0 Å². The molecule has 126 valence electrons. The fraction of sp³-hybridized carbons (Fsp3) is 0.263. The van der Waals surface area contributed by atoms with Crippen LogP contribution in [0.25, 0.3) is 0 Å². The van der Waals surface area contributed by atoms with Gasteiger partial charge < -0.3 is 10.6 Å². The molecule has 0 saturated carbocycles. The predicted molar refractivity (Wildman–Crippen MR) is 93.4 cm³/mol. The quantitative estimate of drug-likeness (QED) is 0.832. The van der Waals surface area contributed by atoms with E-state index in [1.807, 2.05) is 32.0 Å². The Kier molecular flexibility index (Phi) is 5.02. The topological polar surface area (TPSA) is 58.2 Å². The summed E-state index contributed by atoms with van der Waals surface area (Å²) in [6, 6.07) is 11.1. The average molecular weight is 328 g/mol. The first-order valence-electron chi connectivity index (χ1n) is 7.66. The Morgan fingerprint density at radius 2 is 1.50 bits per heavy atom. The zero-order chi connectivity index (χ0) is 17.9. The monoisotopic (exact) mass is 328 g/mol. The van der Waals surface area contributed by atoms with Gasteiger partial charge in [-0.1, -0.05) is 12.1 Å². The van der Waals surface area contributed by atoms with Crippen molar-refractivity contribution in [3.63, 3.8) is 0 Å². The van der Waals surface area contributed by atoms with Crippen molar-refractivity contribution in [2.24, 2.45) is 5.41 Å². The van der Waals surface area contributed by atoms with Crippen LogP contribution in [-0.2, 0) is 9.59 Å². The standard InChI is InChI=1S/C19H21FN2O2/c1-12-5-6-13(2)16(11-12)22-18(24)19(3,4)17(23)21-15-9-7-14(20)8-10-15/h5-11H,1-4H3,(H,21,23)(H,22,24). The van der Waals surface area contributed by atoms with E-state index in [1.54, 1.807) is 13.8 Å². The Morgan fingerprint density at radius 3 is 2.12 bits per heavy atom. The number of halogens is 1. The first kappa shape index (κ1) is 17.7. The van der Waals surface area contributed by atoms with Crippen LogP contribution in [0.5, 0.6) is 0 Å². The van der Waals surface area contributed by atoms with Gasteiger partial charge in [-0.3, -0.25) is 9.59 Å². The number of carbonyl (C=O) groups is 2. The number of benzene rings is 2. The summed E-state index contributed by atoms with van der Waals surface area (Å²) in [5.41, 5.74) is 1.77. The lowest BCUT2D eigenvalue weighted by Crippen LogP contribution is -2.41. The first-order valence-corrected chi connectivity index (χ1v) is 7.66. The number of hydrogen-bond donors (Lipinski definition) is 2. The number of anilines is 2. The Morgan fingerprint density at radius 1 is 0.917 bits per heavy atom. The lowest BCUT2D eigenvalue weighted by atomic mass is 9.90. The maximum absolute atomic E-state index is 12.9. The van der Waals surface area contributed by atoms with E-state index in [0.717, 1.165) is 11.1 Å². The molecule has 2 aromatic rings. The highest BCUT2D eigenvalue weighted by molar-refractivity contribution is 6.14. The van der Waals surface area contributed by atoms with Gasteiger partial charge in [0.15, 0.2) is 0 Å². The Balaban J connectivity index is 2.12. The maximum Gasteiger partial charge on any atom is 0.239 e. The van der Waals surface area contributed by atoms with Crippen LogP contribution >= 0.6 is 0 Å². The largest absolute Gasteiger partial charge is 0.325 e. The van der Waals surface area contributed by atoms with Crippen LogP contribution < -0.4 is 10.6 Å². The van der Waals surface area contributed by atoms with Crippen molar-refractivity contribution >= 4 is 23.2 Å². The lowest BCUT2D eigenvalue weighted by Gasteiger charge is -2.23. The third-order valence-corrected chi connectivity index (χ3v) is 3.88. The molecular weight excluding hydrogens is 307 g/mol. The van der Waals surface area contributed by atoms with Crippen LogP contribution in [0.1, 0.15) is 25.0 Å². The number of aryl methyl sites for hydroxylation is 2. The molecule has 0 unspecified atom stereocenters. The van der Waals surface area contributed by atoms with E-state index in [9.17, 15) is 14.0 Å². The summed E-state index contributed by atoms with van der Waals surface area (Å²) in [5.74, 6) is -1.26. The Hall–Kier alpha value is -2.69. The number of hydrogen-bond acceptors (Lipinski definition) is 2. The molecule has 0 bridgehead atoms. The molecule has 2 amide bonds. The van der Waals surface area contributed by atoms with Crippen molar-refractivity contribution in [2.75, 3.05) is 10.6 Å². The molecule has 0 heterocycles. The van der Waals surface area contributed by atoms with E-state index in [1.165, 1.54) is 24.3 Å². The highest BCUT2D eigenvalue weighted by atomic mass is 19.1. The third-order valence-electron chi connectivity index (χ3n) is 3.88. The van der Waals surface area contributed by atoms with Crippen molar-refractivity contribution in [2.45, 2.75) is 27.7 Å². The van der Waals surface area contributed by atoms with Crippen molar-refractivity contribution in [1.82, 2.24) is 0 Å². The SMILES string of the molecule is Cc1ccc(C)c(NC(=O)C(C)(C)C(=O)Nc2ccc(F)cc2)c1. The highest BCUT2D eigenvalue weighted by Gasteiger charge is 2.36. The smallest absolute Gasteiger partial charge is 0.239 e. The molecular formula is C19H21FN2O2. The minimum Gasteiger partial charge on any atom is -0.325 e. The van der Waals surface area contributed by atoms with Gasteiger partial charge in [0.25, 0.3) is 0 Å². The van der Waals surface area contributed by atoms with E-state index in [4.69, 9.17) is 0 Å². The fourth-order valence-electron chi connectivity index (χ4n) is 2.07. The van der Waals surface area contributed by atoms with Crippen LogP contribution in [-0.4, -0.2) is 11.8 Å². The molecule has 0 aliphatic carbocycles. The molecule has 0 saturated heterocycles. The van der Waals surface area contributed by atoms with Crippen molar-refractivity contribution in [3.05, 3.63) is 59.4 Å². The fourth-order valence-corrected chi connectivity index (χ4v) is 2.07. The van der Waals surface area contributed by atoms with Gasteiger partial charge in [-0.05, 0) is 69.2 Å². The second-order valence-corrected chi connectivity index (χ2v) is 6.36. The number of rotatable bonds is 4. The molecule has 0 radical (unpaired) electrons. The van der Waals surface area contributed by atoms with Gasteiger partial charge in [0.05, 0.1) is 0 Å². The summed E-state index contributed by atoms with van der Waals surface area (Å²) in [6.07, 6.45) is 0. The summed E-state index contributed by atoms with van der Waals surface area (Å²) in [4.78, 5) is 25.0. The summed E-state index contributed by atoms with van der Waals surface area (Å²) >= 11 is 0. The van der Waals surface area contributed by atoms with Crippen molar-refractivity contribution in [1.29, 1.82) is 0 Å². The first-order chi connectivity index (χ1) is 11.2. The zero-order valence-electron chi connectivity index (χ0n) is 14.2. The van der Waals surface area contributed by atoms with E-state index < -0.39 is 17.2 Å². The van der Waals surface area contributed by atoms with Crippen molar-refractivity contribution in [3.8, 4) is 0 Å². The van der Waals surface area contributed by atoms with Crippen LogP contribution in [0, 0.1) is 25.1 Å². The van der Waals surface area contributed by atoms with Gasteiger partial charge in [0.1, 0.15) is 11.2 Å². The molecule has 0 aliphatic rings. The van der Waals surface area contributed by atoms with E-state index >= 15 is 0 Å². The molecule has 24 heavy (non-hydrogen) atoms.